The van der Waals surface area contributed by atoms with E-state index >= 15 is 0 Å². The Kier molecular flexibility index (Phi) is 4.67. The van der Waals surface area contributed by atoms with Crippen molar-refractivity contribution in [2.24, 2.45) is 7.05 Å². The first kappa shape index (κ1) is 17.3. The van der Waals surface area contributed by atoms with E-state index in [4.69, 9.17) is 0 Å². The van der Waals surface area contributed by atoms with E-state index < -0.39 is 0 Å². The summed E-state index contributed by atoms with van der Waals surface area (Å²) in [6.07, 6.45) is 1.98. The van der Waals surface area contributed by atoms with E-state index in [9.17, 15) is 9.59 Å². The Bertz CT molecular complexity index is 1020. The molecular formula is C18H20N4O2S. The first-order chi connectivity index (χ1) is 11.9. The highest BCUT2D eigenvalue weighted by Gasteiger charge is 2.16. The van der Waals surface area contributed by atoms with Gasteiger partial charge in [-0.05, 0) is 43.9 Å². The zero-order valence-corrected chi connectivity index (χ0v) is 15.5. The third-order valence-corrected chi connectivity index (χ3v) is 4.83. The third kappa shape index (κ3) is 3.32. The maximum absolute atomic E-state index is 12.5. The molecule has 0 saturated carbocycles. The monoisotopic (exact) mass is 356 g/mol. The number of anilines is 1. The van der Waals surface area contributed by atoms with Gasteiger partial charge in [0.05, 0.1) is 5.69 Å². The predicted octanol–water partition coefficient (Wildman–Crippen LogP) is 2.71. The highest BCUT2D eigenvalue weighted by Crippen LogP contribution is 2.21. The molecule has 0 saturated heterocycles. The van der Waals surface area contributed by atoms with E-state index in [-0.39, 0.29) is 18.0 Å². The van der Waals surface area contributed by atoms with Crippen molar-refractivity contribution in [3.05, 3.63) is 51.9 Å². The van der Waals surface area contributed by atoms with Crippen LogP contribution < -0.4 is 10.9 Å². The number of nitrogens with zero attached hydrogens (tertiary/aromatic N) is 3. The predicted molar refractivity (Wildman–Crippen MR) is 101 cm³/mol. The van der Waals surface area contributed by atoms with Crippen LogP contribution in [0.4, 0.5) is 5.69 Å². The highest BCUT2D eigenvalue weighted by atomic mass is 32.2. The molecule has 0 aliphatic rings. The molecule has 0 aliphatic heterocycles. The molecule has 3 rings (SSSR count). The average molecular weight is 356 g/mol. The van der Waals surface area contributed by atoms with Crippen molar-refractivity contribution in [2.45, 2.75) is 25.3 Å². The molecule has 1 amide bonds. The normalized spacial score (nSPS) is 11.0. The summed E-state index contributed by atoms with van der Waals surface area (Å²) in [5, 5.41) is 8.16. The Hall–Kier alpha value is -2.54. The SMILES string of the molecule is CSc1cccc(NC(=O)Cn2c(=O)cc(C)c3c(C)nn(C)c32)c1. The standard InChI is InChI=1S/C18H20N4O2S/c1-11-8-16(24)22(18-17(11)12(2)20-21(18)3)10-15(23)19-13-6-5-7-14(9-13)25-4/h5-9H,10H2,1-4H3,(H,19,23). The first-order valence-electron chi connectivity index (χ1n) is 7.88. The van der Waals surface area contributed by atoms with Gasteiger partial charge >= 0.3 is 0 Å². The van der Waals surface area contributed by atoms with Crippen molar-refractivity contribution in [1.82, 2.24) is 14.3 Å². The summed E-state index contributed by atoms with van der Waals surface area (Å²) in [4.78, 5) is 26.0. The highest BCUT2D eigenvalue weighted by molar-refractivity contribution is 7.98. The number of pyridine rings is 1. The molecule has 0 radical (unpaired) electrons. The number of benzene rings is 1. The molecule has 0 spiro atoms. The maximum atomic E-state index is 12.5. The molecular weight excluding hydrogens is 336 g/mol. The summed E-state index contributed by atoms with van der Waals surface area (Å²) in [5.41, 5.74) is 2.89. The van der Waals surface area contributed by atoms with Crippen LogP contribution in [0.2, 0.25) is 0 Å². The second-order valence-corrected chi connectivity index (χ2v) is 6.82. The molecule has 0 bridgehead atoms. The van der Waals surface area contributed by atoms with Crippen LogP contribution in [0.5, 0.6) is 0 Å². The lowest BCUT2D eigenvalue weighted by Crippen LogP contribution is -2.28. The van der Waals surface area contributed by atoms with Gasteiger partial charge in [0.25, 0.3) is 5.56 Å². The van der Waals surface area contributed by atoms with Crippen LogP contribution in [0.15, 0.2) is 40.0 Å². The van der Waals surface area contributed by atoms with Gasteiger partial charge in [0.15, 0.2) is 0 Å². The van der Waals surface area contributed by atoms with Gasteiger partial charge in [-0.15, -0.1) is 11.8 Å². The summed E-state index contributed by atoms with van der Waals surface area (Å²) < 4.78 is 3.12. The minimum atomic E-state index is -0.246. The molecule has 2 aromatic heterocycles. The van der Waals surface area contributed by atoms with Crippen molar-refractivity contribution in [1.29, 1.82) is 0 Å². The van der Waals surface area contributed by atoms with E-state index in [2.05, 4.69) is 10.4 Å². The number of nitrogens with one attached hydrogen (secondary N) is 1. The molecule has 0 atom stereocenters. The van der Waals surface area contributed by atoms with Gasteiger partial charge in [-0.2, -0.15) is 5.10 Å². The van der Waals surface area contributed by atoms with Gasteiger partial charge in [-0.3, -0.25) is 18.8 Å². The number of amides is 1. The van der Waals surface area contributed by atoms with Crippen molar-refractivity contribution < 1.29 is 4.79 Å². The summed E-state index contributed by atoms with van der Waals surface area (Å²) in [6, 6.07) is 9.16. The quantitative estimate of drug-likeness (QED) is 0.730. The van der Waals surface area contributed by atoms with E-state index in [1.807, 2.05) is 44.4 Å². The number of fused-ring (bicyclic) bond motifs is 1. The molecule has 1 aromatic carbocycles. The fourth-order valence-corrected chi connectivity index (χ4v) is 3.51. The number of thioether (sulfide) groups is 1. The van der Waals surface area contributed by atoms with E-state index in [0.29, 0.717) is 5.65 Å². The maximum Gasteiger partial charge on any atom is 0.252 e. The van der Waals surface area contributed by atoms with Gasteiger partial charge in [-0.25, -0.2) is 0 Å². The van der Waals surface area contributed by atoms with Crippen molar-refractivity contribution in [3.8, 4) is 0 Å². The van der Waals surface area contributed by atoms with E-state index in [1.165, 1.54) is 4.57 Å². The number of rotatable bonds is 4. The molecule has 0 fully saturated rings. The number of carbonyl (C=O) groups is 1. The summed E-state index contributed by atoms with van der Waals surface area (Å²) in [5.74, 6) is -0.246. The van der Waals surface area contributed by atoms with Gasteiger partial charge in [0.2, 0.25) is 5.91 Å². The zero-order chi connectivity index (χ0) is 18.1. The number of hydrogen-bond acceptors (Lipinski definition) is 4. The number of aromatic nitrogens is 3. The average Bonchev–Trinajstić information content (AvgIpc) is 2.86. The molecule has 130 valence electrons. The lowest BCUT2D eigenvalue weighted by Gasteiger charge is -2.11. The fourth-order valence-electron chi connectivity index (χ4n) is 3.05. The summed E-state index contributed by atoms with van der Waals surface area (Å²) >= 11 is 1.61. The molecule has 0 unspecified atom stereocenters. The Morgan fingerprint density at radius 2 is 2.04 bits per heavy atom. The molecule has 1 N–H and O–H groups in total. The lowest BCUT2D eigenvalue weighted by atomic mass is 10.1. The Morgan fingerprint density at radius 1 is 1.28 bits per heavy atom. The van der Waals surface area contributed by atoms with Crippen LogP contribution >= 0.6 is 11.8 Å². The molecule has 2 heterocycles. The fraction of sp³-hybridized carbons (Fsp3) is 0.278. The van der Waals surface area contributed by atoms with Crippen molar-refractivity contribution in [3.63, 3.8) is 0 Å². The molecule has 0 aliphatic carbocycles. The number of aryl methyl sites for hydroxylation is 3. The van der Waals surface area contributed by atoms with Gasteiger partial charge in [-0.1, -0.05) is 6.07 Å². The smallest absolute Gasteiger partial charge is 0.252 e. The first-order valence-corrected chi connectivity index (χ1v) is 9.11. The Balaban J connectivity index is 1.95. The van der Waals surface area contributed by atoms with Crippen LogP contribution in [0.25, 0.3) is 11.0 Å². The van der Waals surface area contributed by atoms with Gasteiger partial charge in [0, 0.05) is 29.1 Å². The van der Waals surface area contributed by atoms with Crippen molar-refractivity contribution in [2.75, 3.05) is 11.6 Å². The van der Waals surface area contributed by atoms with Crippen LogP contribution in [0.3, 0.4) is 0 Å². The number of carbonyl (C=O) groups excluding carboxylic acids is 1. The molecule has 7 heteroatoms. The van der Waals surface area contributed by atoms with Crippen LogP contribution in [0.1, 0.15) is 11.3 Å². The van der Waals surface area contributed by atoms with Gasteiger partial charge < -0.3 is 5.32 Å². The minimum Gasteiger partial charge on any atom is -0.324 e. The van der Waals surface area contributed by atoms with Crippen LogP contribution in [-0.4, -0.2) is 26.5 Å². The molecule has 3 aromatic rings. The largest absolute Gasteiger partial charge is 0.324 e. The lowest BCUT2D eigenvalue weighted by molar-refractivity contribution is -0.116. The number of hydrogen-bond donors (Lipinski definition) is 1. The van der Waals surface area contributed by atoms with Crippen LogP contribution in [0, 0.1) is 13.8 Å². The van der Waals surface area contributed by atoms with Crippen LogP contribution in [-0.2, 0) is 18.4 Å². The minimum absolute atomic E-state index is 0.0575. The molecule has 25 heavy (non-hydrogen) atoms. The second-order valence-electron chi connectivity index (χ2n) is 5.94. The topological polar surface area (TPSA) is 68.9 Å². The summed E-state index contributed by atoms with van der Waals surface area (Å²) in [6.45, 7) is 3.73. The molecule has 6 nitrogen and oxygen atoms in total. The van der Waals surface area contributed by atoms with Gasteiger partial charge in [0.1, 0.15) is 12.2 Å². The second kappa shape index (κ2) is 6.76. The summed E-state index contributed by atoms with van der Waals surface area (Å²) in [7, 11) is 1.78. The van der Waals surface area contributed by atoms with E-state index in [0.717, 1.165) is 27.2 Å². The zero-order valence-electron chi connectivity index (χ0n) is 14.7. The third-order valence-electron chi connectivity index (χ3n) is 4.10. The van der Waals surface area contributed by atoms with E-state index in [1.54, 1.807) is 29.6 Å². The Morgan fingerprint density at radius 3 is 2.76 bits per heavy atom. The van der Waals surface area contributed by atoms with Crippen molar-refractivity contribution >= 4 is 34.4 Å². The Labute approximate surface area is 149 Å².